The summed E-state index contributed by atoms with van der Waals surface area (Å²) in [6.45, 7) is 3.03. The van der Waals surface area contributed by atoms with E-state index in [-0.39, 0.29) is 30.0 Å². The van der Waals surface area contributed by atoms with Gasteiger partial charge in [0.05, 0.1) is 25.3 Å². The monoisotopic (exact) mass is 493 g/mol. The number of carbonyl (C=O) groups is 3. The van der Waals surface area contributed by atoms with Crippen molar-refractivity contribution in [1.29, 1.82) is 0 Å². The van der Waals surface area contributed by atoms with E-state index in [1.807, 2.05) is 4.90 Å². The number of nitrogens with zero attached hydrogens (tertiary/aromatic N) is 3. The summed E-state index contributed by atoms with van der Waals surface area (Å²) in [5.74, 6) is 1.03. The van der Waals surface area contributed by atoms with E-state index in [2.05, 4.69) is 4.90 Å². The first kappa shape index (κ1) is 24.4. The minimum Gasteiger partial charge on any atom is -0.497 e. The van der Waals surface area contributed by atoms with Gasteiger partial charge in [0.1, 0.15) is 11.6 Å². The van der Waals surface area contributed by atoms with Crippen molar-refractivity contribution >= 4 is 23.4 Å². The Kier molecular flexibility index (Phi) is 7.05. The number of amides is 3. The van der Waals surface area contributed by atoms with Gasteiger partial charge < -0.3 is 9.64 Å². The van der Waals surface area contributed by atoms with E-state index in [0.29, 0.717) is 41.9 Å². The first-order valence-corrected chi connectivity index (χ1v) is 12.7. The molecule has 2 aromatic rings. The molecule has 2 aromatic carbocycles. The number of likely N-dealkylation sites (tertiary alicyclic amines) is 2. The van der Waals surface area contributed by atoms with Crippen LogP contribution in [0.2, 0.25) is 0 Å². The second-order valence-electron chi connectivity index (χ2n) is 10.00. The Labute approximate surface area is 210 Å². The molecule has 0 unspecified atom stereocenters. The molecule has 36 heavy (non-hydrogen) atoms. The number of ether oxygens (including phenoxy) is 1. The minimum atomic E-state index is -0.403. The first-order chi connectivity index (χ1) is 17.4. The minimum absolute atomic E-state index is 0.0340. The Balaban J connectivity index is 1.13. The lowest BCUT2D eigenvalue weighted by Crippen LogP contribution is -2.47. The molecule has 3 aliphatic rings. The molecule has 0 radical (unpaired) electrons. The van der Waals surface area contributed by atoms with Crippen LogP contribution in [0.25, 0.3) is 0 Å². The van der Waals surface area contributed by atoms with Gasteiger partial charge in [0.15, 0.2) is 0 Å². The van der Waals surface area contributed by atoms with Crippen molar-refractivity contribution in [2.75, 3.05) is 38.2 Å². The summed E-state index contributed by atoms with van der Waals surface area (Å²) >= 11 is 0. The fourth-order valence-corrected chi connectivity index (χ4v) is 5.97. The summed E-state index contributed by atoms with van der Waals surface area (Å²) in [7, 11) is 1.56. The SMILES string of the molecule is COc1cccc(N2C(=O)C[C@H](N3CCC(C4CCN(C(=O)c5ccc(F)cc5)CC4)CC3)C2=O)c1. The van der Waals surface area contributed by atoms with Crippen LogP contribution in [0.15, 0.2) is 48.5 Å². The predicted octanol–water partition coefficient (Wildman–Crippen LogP) is 3.73. The van der Waals surface area contributed by atoms with Crippen LogP contribution in [0.3, 0.4) is 0 Å². The fraction of sp³-hybridized carbons (Fsp3) is 0.464. The highest BCUT2D eigenvalue weighted by Gasteiger charge is 2.44. The van der Waals surface area contributed by atoms with Crippen LogP contribution in [-0.2, 0) is 9.59 Å². The molecule has 0 saturated carbocycles. The Morgan fingerprint density at radius 3 is 2.19 bits per heavy atom. The molecule has 0 N–H and O–H groups in total. The smallest absolute Gasteiger partial charge is 0.253 e. The number of piperidine rings is 2. The highest BCUT2D eigenvalue weighted by Crippen LogP contribution is 2.35. The number of rotatable bonds is 5. The van der Waals surface area contributed by atoms with Crippen molar-refractivity contribution in [2.24, 2.45) is 11.8 Å². The van der Waals surface area contributed by atoms with E-state index in [1.54, 1.807) is 43.5 Å². The number of halogens is 1. The molecule has 3 saturated heterocycles. The molecular weight excluding hydrogens is 461 g/mol. The zero-order valence-electron chi connectivity index (χ0n) is 20.6. The summed E-state index contributed by atoms with van der Waals surface area (Å²) in [5, 5.41) is 0. The van der Waals surface area contributed by atoms with E-state index >= 15 is 0 Å². The molecule has 7 nitrogen and oxygen atoms in total. The number of methoxy groups -OCH3 is 1. The average Bonchev–Trinajstić information content (AvgIpc) is 3.22. The second-order valence-corrected chi connectivity index (χ2v) is 10.00. The van der Waals surface area contributed by atoms with Crippen molar-refractivity contribution in [2.45, 2.75) is 38.1 Å². The molecular formula is C28H32FN3O4. The van der Waals surface area contributed by atoms with E-state index in [9.17, 15) is 18.8 Å². The third-order valence-electron chi connectivity index (χ3n) is 8.03. The Morgan fingerprint density at radius 1 is 0.917 bits per heavy atom. The predicted molar refractivity (Wildman–Crippen MR) is 133 cm³/mol. The zero-order valence-corrected chi connectivity index (χ0v) is 20.6. The van der Waals surface area contributed by atoms with Crippen LogP contribution >= 0.6 is 0 Å². The van der Waals surface area contributed by atoms with Gasteiger partial charge in [-0.05, 0) is 87.0 Å². The van der Waals surface area contributed by atoms with Crippen molar-refractivity contribution in [3.05, 3.63) is 59.9 Å². The van der Waals surface area contributed by atoms with Gasteiger partial charge in [0.2, 0.25) is 5.91 Å². The summed E-state index contributed by atoms with van der Waals surface area (Å²) in [6, 6.07) is 12.4. The summed E-state index contributed by atoms with van der Waals surface area (Å²) in [5.41, 5.74) is 1.09. The third kappa shape index (κ3) is 4.87. The normalized spacial score (nSPS) is 22.3. The number of anilines is 1. The van der Waals surface area contributed by atoms with Gasteiger partial charge in [0.25, 0.3) is 11.8 Å². The molecule has 0 aromatic heterocycles. The molecule has 3 aliphatic heterocycles. The van der Waals surface area contributed by atoms with Crippen LogP contribution in [0.5, 0.6) is 5.75 Å². The largest absolute Gasteiger partial charge is 0.497 e. The molecule has 8 heteroatoms. The Morgan fingerprint density at radius 2 is 1.56 bits per heavy atom. The summed E-state index contributed by atoms with van der Waals surface area (Å²) < 4.78 is 18.4. The molecule has 3 amide bonds. The molecule has 3 heterocycles. The first-order valence-electron chi connectivity index (χ1n) is 12.7. The number of hydrogen-bond donors (Lipinski definition) is 0. The standard InChI is InChI=1S/C28H32FN3O4/c1-36-24-4-2-3-23(17-24)32-26(33)18-25(28(32)35)30-13-9-19(10-14-30)20-11-15-31(16-12-20)27(34)21-5-7-22(29)8-6-21/h2-8,17,19-20,25H,9-16,18H2,1H3/t25-/m0/s1. The molecule has 0 spiro atoms. The molecule has 1 atom stereocenters. The van der Waals surface area contributed by atoms with Crippen molar-refractivity contribution < 1.29 is 23.5 Å². The lowest BCUT2D eigenvalue weighted by Gasteiger charge is -2.41. The van der Waals surface area contributed by atoms with Gasteiger partial charge in [-0.1, -0.05) is 6.07 Å². The molecule has 0 bridgehead atoms. The van der Waals surface area contributed by atoms with Crippen LogP contribution < -0.4 is 9.64 Å². The summed E-state index contributed by atoms with van der Waals surface area (Å²) in [4.78, 5) is 44.0. The molecule has 3 fully saturated rings. The fourth-order valence-electron chi connectivity index (χ4n) is 5.97. The van der Waals surface area contributed by atoms with Crippen molar-refractivity contribution in [3.8, 4) is 5.75 Å². The highest BCUT2D eigenvalue weighted by atomic mass is 19.1. The number of benzene rings is 2. The van der Waals surface area contributed by atoms with E-state index < -0.39 is 6.04 Å². The van der Waals surface area contributed by atoms with E-state index in [1.165, 1.54) is 17.0 Å². The Hall–Kier alpha value is -3.26. The maximum atomic E-state index is 13.2. The number of carbonyl (C=O) groups excluding carboxylic acids is 3. The topological polar surface area (TPSA) is 70.2 Å². The van der Waals surface area contributed by atoms with Gasteiger partial charge in [-0.15, -0.1) is 0 Å². The van der Waals surface area contributed by atoms with Crippen LogP contribution in [0, 0.1) is 17.7 Å². The molecule has 0 aliphatic carbocycles. The van der Waals surface area contributed by atoms with Gasteiger partial charge in [0, 0.05) is 24.7 Å². The zero-order chi connectivity index (χ0) is 25.2. The van der Waals surface area contributed by atoms with Gasteiger partial charge in [-0.2, -0.15) is 0 Å². The molecule has 190 valence electrons. The van der Waals surface area contributed by atoms with Gasteiger partial charge in [-0.3, -0.25) is 19.3 Å². The van der Waals surface area contributed by atoms with E-state index in [0.717, 1.165) is 38.8 Å². The summed E-state index contributed by atoms with van der Waals surface area (Å²) in [6.07, 6.45) is 4.12. The van der Waals surface area contributed by atoms with Gasteiger partial charge in [-0.25, -0.2) is 9.29 Å². The van der Waals surface area contributed by atoms with Crippen molar-refractivity contribution in [3.63, 3.8) is 0 Å². The number of imide groups is 1. The van der Waals surface area contributed by atoms with Gasteiger partial charge >= 0.3 is 0 Å². The van der Waals surface area contributed by atoms with Crippen LogP contribution in [0.4, 0.5) is 10.1 Å². The quantitative estimate of drug-likeness (QED) is 0.594. The van der Waals surface area contributed by atoms with E-state index in [4.69, 9.17) is 4.74 Å². The average molecular weight is 494 g/mol. The lowest BCUT2D eigenvalue weighted by molar-refractivity contribution is -0.123. The van der Waals surface area contributed by atoms with Crippen LogP contribution in [-0.4, -0.2) is 66.9 Å². The maximum absolute atomic E-state index is 13.2. The van der Waals surface area contributed by atoms with Crippen LogP contribution in [0.1, 0.15) is 42.5 Å². The second kappa shape index (κ2) is 10.4. The number of hydrogen-bond acceptors (Lipinski definition) is 5. The Bertz CT molecular complexity index is 1120. The lowest BCUT2D eigenvalue weighted by atomic mass is 9.78. The third-order valence-corrected chi connectivity index (χ3v) is 8.03. The highest BCUT2D eigenvalue weighted by molar-refractivity contribution is 6.22. The molecule has 5 rings (SSSR count). The van der Waals surface area contributed by atoms with Crippen molar-refractivity contribution in [1.82, 2.24) is 9.80 Å². The maximum Gasteiger partial charge on any atom is 0.253 e.